The molecular formula is C63H117N2O7P. The van der Waals surface area contributed by atoms with Crippen molar-refractivity contribution in [3.63, 3.8) is 0 Å². The molecule has 426 valence electrons. The van der Waals surface area contributed by atoms with E-state index >= 15 is 0 Å². The number of unbranched alkanes of at least 4 members (excludes halogenated alkanes) is 31. The molecule has 0 heterocycles. The van der Waals surface area contributed by atoms with Crippen molar-refractivity contribution in [1.29, 1.82) is 0 Å². The number of allylic oxidation sites excluding steroid dienone is 9. The normalized spacial score (nSPS) is 14.1. The summed E-state index contributed by atoms with van der Waals surface area (Å²) in [7, 11) is 1.17. The average Bonchev–Trinajstić information content (AvgIpc) is 3.35. The highest BCUT2D eigenvalue weighted by molar-refractivity contribution is 7.45. The lowest BCUT2D eigenvalue weighted by molar-refractivity contribution is -0.870. The first-order chi connectivity index (χ1) is 35.4. The van der Waals surface area contributed by atoms with Crippen LogP contribution < -0.4 is 10.2 Å². The number of likely N-dealkylation sites (N-methyl/N-ethyl adjacent to an activating group) is 1. The number of rotatable bonds is 55. The number of nitrogens with one attached hydrogen (secondary N) is 1. The minimum atomic E-state index is -4.70. The number of carbonyl (C=O) groups excluding carboxylic acids is 2. The highest BCUT2D eigenvalue weighted by atomic mass is 31.2. The van der Waals surface area contributed by atoms with Gasteiger partial charge in [-0.2, -0.15) is 0 Å². The van der Waals surface area contributed by atoms with Gasteiger partial charge in [0.05, 0.1) is 33.8 Å². The number of esters is 1. The number of phosphoric acid groups is 1. The molecule has 1 amide bonds. The van der Waals surface area contributed by atoms with Crippen LogP contribution in [0.2, 0.25) is 0 Å². The van der Waals surface area contributed by atoms with E-state index in [2.05, 4.69) is 74.7 Å². The van der Waals surface area contributed by atoms with Crippen LogP contribution >= 0.6 is 7.82 Å². The Morgan fingerprint density at radius 1 is 0.479 bits per heavy atom. The highest BCUT2D eigenvalue weighted by Crippen LogP contribution is 2.38. The maximum absolute atomic E-state index is 13.5. The van der Waals surface area contributed by atoms with Crippen LogP contribution in [-0.4, -0.2) is 69.4 Å². The van der Waals surface area contributed by atoms with Crippen molar-refractivity contribution < 1.29 is 37.3 Å². The molecule has 0 fully saturated rings. The number of phosphoric ester groups is 1. The van der Waals surface area contributed by atoms with Crippen LogP contribution in [0.1, 0.15) is 278 Å². The molecule has 73 heavy (non-hydrogen) atoms. The number of hydrogen-bond donors (Lipinski definition) is 1. The molecule has 0 rings (SSSR count). The fourth-order valence-electron chi connectivity index (χ4n) is 8.68. The Balaban J connectivity index is 5.26. The van der Waals surface area contributed by atoms with Gasteiger partial charge in [-0.3, -0.25) is 14.2 Å². The van der Waals surface area contributed by atoms with Gasteiger partial charge in [0.25, 0.3) is 7.82 Å². The lowest BCUT2D eigenvalue weighted by Gasteiger charge is -2.30. The summed E-state index contributed by atoms with van der Waals surface area (Å²) in [6.07, 6.45) is 66.1. The van der Waals surface area contributed by atoms with Crippen molar-refractivity contribution in [2.45, 2.75) is 290 Å². The summed E-state index contributed by atoms with van der Waals surface area (Å²) in [4.78, 5) is 39.9. The Kier molecular flexibility index (Phi) is 51.5. The molecule has 1 N–H and O–H groups in total. The van der Waals surface area contributed by atoms with Gasteiger partial charge in [-0.15, -0.1) is 0 Å². The SMILES string of the molecule is CCCCC/C=C\C/C=C\C/C=C\C/C=C\CCCCCCCC(=O)NC(COP(=O)([O-])OCC[N+](C)(C)C)C(/C=C\CCCCCCCCCCC)OC(=O)CCCCCCCCCCCCCCCCC. The summed E-state index contributed by atoms with van der Waals surface area (Å²) in [6.45, 7) is 6.81. The molecule has 0 spiro atoms. The quantitative estimate of drug-likeness (QED) is 0.0212. The second kappa shape index (κ2) is 53.1. The van der Waals surface area contributed by atoms with Crippen molar-refractivity contribution in [3.8, 4) is 0 Å². The van der Waals surface area contributed by atoms with Crippen LogP contribution in [0.5, 0.6) is 0 Å². The second-order valence-corrected chi connectivity index (χ2v) is 23.3. The fraction of sp³-hybridized carbons (Fsp3) is 0.810. The maximum atomic E-state index is 13.5. The van der Waals surface area contributed by atoms with Gasteiger partial charge in [0.1, 0.15) is 19.3 Å². The third kappa shape index (κ3) is 54.3. The monoisotopic (exact) mass is 1040 g/mol. The number of hydrogen-bond acceptors (Lipinski definition) is 7. The zero-order chi connectivity index (χ0) is 53.6. The van der Waals surface area contributed by atoms with Gasteiger partial charge >= 0.3 is 5.97 Å². The van der Waals surface area contributed by atoms with E-state index < -0.39 is 26.6 Å². The van der Waals surface area contributed by atoms with Gasteiger partial charge < -0.3 is 28.5 Å². The van der Waals surface area contributed by atoms with E-state index in [-0.39, 0.29) is 24.9 Å². The van der Waals surface area contributed by atoms with Crippen molar-refractivity contribution in [2.75, 3.05) is 40.9 Å². The number of quaternary nitrogens is 1. The van der Waals surface area contributed by atoms with Crippen molar-refractivity contribution in [1.82, 2.24) is 5.32 Å². The van der Waals surface area contributed by atoms with E-state index in [0.717, 1.165) is 96.3 Å². The van der Waals surface area contributed by atoms with Gasteiger partial charge in [-0.1, -0.05) is 249 Å². The summed E-state index contributed by atoms with van der Waals surface area (Å²) in [6, 6.07) is -0.897. The zero-order valence-electron chi connectivity index (χ0n) is 48.6. The molecule has 0 aliphatic heterocycles. The molecule has 3 unspecified atom stereocenters. The molecule has 0 aromatic rings. The number of nitrogens with zero attached hydrogens (tertiary/aromatic N) is 1. The largest absolute Gasteiger partial charge is 0.756 e. The summed E-state index contributed by atoms with van der Waals surface area (Å²) < 4.78 is 30.3. The average molecular weight is 1050 g/mol. The molecule has 10 heteroatoms. The lowest BCUT2D eigenvalue weighted by Crippen LogP contribution is -2.47. The van der Waals surface area contributed by atoms with E-state index in [1.54, 1.807) is 0 Å². The van der Waals surface area contributed by atoms with Crippen LogP contribution in [-0.2, 0) is 27.9 Å². The number of amides is 1. The standard InChI is InChI=1S/C63H117N2O7P/c1-7-10-13-16-19-22-25-27-29-30-31-32-33-34-36-37-40-43-46-49-52-55-62(66)64-60(59-71-73(68,69)70-58-57-65(4,5)6)61(54-51-48-45-42-39-24-21-18-15-12-9-3)72-63(67)56-53-50-47-44-41-38-35-28-26-23-20-17-14-11-8-2/h19,22,27,29,31-32,34,36,51,54,60-61H,7-18,20-21,23-26,28,30,33,35,37-50,52-53,55-59H2,1-6H3,(H-,64,66,68,69)/b22-19-,29-27-,32-31-,36-34-,54-51-. The van der Waals surface area contributed by atoms with Gasteiger partial charge in [0.2, 0.25) is 5.91 Å². The minimum absolute atomic E-state index is 0.0266. The molecule has 0 aliphatic carbocycles. The fourth-order valence-corrected chi connectivity index (χ4v) is 9.41. The molecule has 0 saturated carbocycles. The summed E-state index contributed by atoms with van der Waals surface area (Å²) >= 11 is 0. The first kappa shape index (κ1) is 70.7. The Morgan fingerprint density at radius 3 is 1.27 bits per heavy atom. The minimum Gasteiger partial charge on any atom is -0.756 e. The van der Waals surface area contributed by atoms with Gasteiger partial charge in [0.15, 0.2) is 0 Å². The zero-order valence-corrected chi connectivity index (χ0v) is 49.5. The summed E-state index contributed by atoms with van der Waals surface area (Å²) in [5, 5.41) is 3.02. The highest BCUT2D eigenvalue weighted by Gasteiger charge is 2.27. The predicted molar refractivity (Wildman–Crippen MR) is 312 cm³/mol. The predicted octanol–water partition coefficient (Wildman–Crippen LogP) is 18.0. The lowest BCUT2D eigenvalue weighted by atomic mass is 10.0. The summed E-state index contributed by atoms with van der Waals surface area (Å²) in [5.41, 5.74) is 0. The summed E-state index contributed by atoms with van der Waals surface area (Å²) in [5.74, 6) is -0.556. The Hall–Kier alpha value is -2.29. The Morgan fingerprint density at radius 2 is 0.836 bits per heavy atom. The van der Waals surface area contributed by atoms with E-state index in [1.165, 1.54) is 148 Å². The van der Waals surface area contributed by atoms with Crippen LogP contribution in [0.4, 0.5) is 0 Å². The molecule has 0 radical (unpaired) electrons. The molecule has 0 saturated heterocycles. The Bertz CT molecular complexity index is 1440. The van der Waals surface area contributed by atoms with E-state index in [1.807, 2.05) is 33.3 Å². The molecule has 0 aliphatic rings. The maximum Gasteiger partial charge on any atom is 0.306 e. The van der Waals surface area contributed by atoms with Crippen LogP contribution in [0, 0.1) is 0 Å². The third-order valence-corrected chi connectivity index (χ3v) is 14.4. The molecule has 0 bridgehead atoms. The first-order valence-electron chi connectivity index (χ1n) is 30.6. The molecular weight excluding hydrogens is 928 g/mol. The molecule has 9 nitrogen and oxygen atoms in total. The van der Waals surface area contributed by atoms with Gasteiger partial charge in [0, 0.05) is 12.8 Å². The Labute approximate surface area is 451 Å². The van der Waals surface area contributed by atoms with Crippen molar-refractivity contribution in [3.05, 3.63) is 60.8 Å². The first-order valence-corrected chi connectivity index (χ1v) is 32.1. The third-order valence-electron chi connectivity index (χ3n) is 13.5. The molecule has 0 aromatic carbocycles. The number of ether oxygens (including phenoxy) is 1. The smallest absolute Gasteiger partial charge is 0.306 e. The van der Waals surface area contributed by atoms with E-state index in [0.29, 0.717) is 17.4 Å². The van der Waals surface area contributed by atoms with Crippen molar-refractivity contribution in [2.24, 2.45) is 0 Å². The molecule has 3 atom stereocenters. The van der Waals surface area contributed by atoms with Gasteiger partial charge in [-0.05, 0) is 76.7 Å². The molecule has 0 aromatic heterocycles. The van der Waals surface area contributed by atoms with Crippen molar-refractivity contribution >= 4 is 19.7 Å². The van der Waals surface area contributed by atoms with Gasteiger partial charge in [-0.25, -0.2) is 0 Å². The second-order valence-electron chi connectivity index (χ2n) is 21.9. The van der Waals surface area contributed by atoms with Crippen LogP contribution in [0.25, 0.3) is 0 Å². The van der Waals surface area contributed by atoms with E-state index in [4.69, 9.17) is 13.8 Å². The van der Waals surface area contributed by atoms with E-state index in [9.17, 15) is 19.0 Å². The topological polar surface area (TPSA) is 114 Å². The van der Waals surface area contributed by atoms with Crippen LogP contribution in [0.3, 0.4) is 0 Å². The van der Waals surface area contributed by atoms with Crippen LogP contribution in [0.15, 0.2) is 60.8 Å². The number of carbonyl (C=O) groups is 2.